The molecular formula is C18H18N2O4. The third-order valence-corrected chi connectivity index (χ3v) is 4.04. The first-order chi connectivity index (χ1) is 11.6. The first kappa shape index (κ1) is 16.1. The molecule has 24 heavy (non-hydrogen) atoms. The standard InChI is InChI=1S/C18H18N2O4/c1-12-10-20(16(11-24-12)13-5-3-2-4-6-13)17(21)14-7-8-15(18(22)23)19-9-14/h2-9,12,16H,10-11H2,1H3,(H,22,23)/t12-,16+/m0/s1. The summed E-state index contributed by atoms with van der Waals surface area (Å²) in [7, 11) is 0. The number of nitrogens with zero attached hydrogens (tertiary/aromatic N) is 2. The van der Waals surface area contributed by atoms with E-state index in [1.54, 1.807) is 4.90 Å². The minimum atomic E-state index is -1.11. The summed E-state index contributed by atoms with van der Waals surface area (Å²) in [5, 5.41) is 8.91. The smallest absolute Gasteiger partial charge is 0.354 e. The molecule has 1 aromatic heterocycles. The Morgan fingerprint density at radius 1 is 1.21 bits per heavy atom. The average Bonchev–Trinajstić information content (AvgIpc) is 2.62. The lowest BCUT2D eigenvalue weighted by molar-refractivity contribution is -0.0447. The van der Waals surface area contributed by atoms with Crippen LogP contribution in [0.2, 0.25) is 0 Å². The van der Waals surface area contributed by atoms with E-state index in [4.69, 9.17) is 9.84 Å². The van der Waals surface area contributed by atoms with E-state index in [9.17, 15) is 9.59 Å². The molecule has 2 atom stereocenters. The second-order valence-electron chi connectivity index (χ2n) is 5.77. The molecule has 1 aromatic carbocycles. The number of amides is 1. The number of hydrogen-bond donors (Lipinski definition) is 1. The highest BCUT2D eigenvalue weighted by molar-refractivity contribution is 5.95. The largest absolute Gasteiger partial charge is 0.477 e. The molecule has 1 amide bonds. The fourth-order valence-electron chi connectivity index (χ4n) is 2.79. The van der Waals surface area contributed by atoms with Crippen LogP contribution in [0.3, 0.4) is 0 Å². The van der Waals surface area contributed by atoms with Crippen LogP contribution in [0.25, 0.3) is 0 Å². The maximum absolute atomic E-state index is 12.9. The number of ether oxygens (including phenoxy) is 1. The van der Waals surface area contributed by atoms with Crippen LogP contribution >= 0.6 is 0 Å². The molecule has 3 rings (SSSR count). The van der Waals surface area contributed by atoms with Crippen LogP contribution in [-0.4, -0.2) is 46.1 Å². The number of hydrogen-bond acceptors (Lipinski definition) is 4. The Bertz CT molecular complexity index is 730. The molecule has 2 aromatic rings. The van der Waals surface area contributed by atoms with E-state index >= 15 is 0 Å². The Kier molecular flexibility index (Phi) is 4.57. The summed E-state index contributed by atoms with van der Waals surface area (Å²) in [4.78, 5) is 29.4. The number of carboxylic acid groups (broad SMARTS) is 1. The number of pyridine rings is 1. The van der Waals surface area contributed by atoms with E-state index in [0.29, 0.717) is 18.7 Å². The number of carboxylic acids is 1. The SMILES string of the molecule is C[C@H]1CN(C(=O)c2ccc(C(=O)O)nc2)[C@@H](c2ccccc2)CO1. The van der Waals surface area contributed by atoms with Crippen molar-refractivity contribution >= 4 is 11.9 Å². The zero-order valence-corrected chi connectivity index (χ0v) is 13.3. The van der Waals surface area contributed by atoms with Crippen molar-refractivity contribution in [2.24, 2.45) is 0 Å². The molecule has 1 fully saturated rings. The molecule has 1 N–H and O–H groups in total. The monoisotopic (exact) mass is 326 g/mol. The van der Waals surface area contributed by atoms with Crippen molar-refractivity contribution in [3.63, 3.8) is 0 Å². The Balaban J connectivity index is 1.88. The van der Waals surface area contributed by atoms with Crippen molar-refractivity contribution in [3.05, 3.63) is 65.5 Å². The third-order valence-electron chi connectivity index (χ3n) is 4.04. The van der Waals surface area contributed by atoms with Gasteiger partial charge in [0.05, 0.1) is 24.3 Å². The fraction of sp³-hybridized carbons (Fsp3) is 0.278. The Hall–Kier alpha value is -2.73. The van der Waals surface area contributed by atoms with Crippen LogP contribution < -0.4 is 0 Å². The molecule has 0 radical (unpaired) electrons. The summed E-state index contributed by atoms with van der Waals surface area (Å²) >= 11 is 0. The topological polar surface area (TPSA) is 79.7 Å². The van der Waals surface area contributed by atoms with Gasteiger partial charge in [-0.15, -0.1) is 0 Å². The van der Waals surface area contributed by atoms with E-state index in [0.717, 1.165) is 5.56 Å². The number of aromatic carboxylic acids is 1. The van der Waals surface area contributed by atoms with Crippen molar-refractivity contribution in [3.8, 4) is 0 Å². The molecule has 6 nitrogen and oxygen atoms in total. The summed E-state index contributed by atoms with van der Waals surface area (Å²) in [6.07, 6.45) is 1.26. The van der Waals surface area contributed by atoms with Crippen molar-refractivity contribution in [1.82, 2.24) is 9.88 Å². The quantitative estimate of drug-likeness (QED) is 0.937. The maximum atomic E-state index is 12.9. The minimum absolute atomic E-state index is 0.0554. The molecular weight excluding hydrogens is 308 g/mol. The average molecular weight is 326 g/mol. The van der Waals surface area contributed by atoms with Gasteiger partial charge < -0.3 is 14.7 Å². The number of benzene rings is 1. The Labute approximate surface area is 139 Å². The predicted molar refractivity (Wildman–Crippen MR) is 86.8 cm³/mol. The summed E-state index contributed by atoms with van der Waals surface area (Å²) in [5.74, 6) is -1.29. The van der Waals surface area contributed by atoms with Gasteiger partial charge in [0.15, 0.2) is 0 Å². The second-order valence-corrected chi connectivity index (χ2v) is 5.77. The zero-order valence-electron chi connectivity index (χ0n) is 13.3. The lowest BCUT2D eigenvalue weighted by Crippen LogP contribution is -2.46. The highest BCUT2D eigenvalue weighted by Gasteiger charge is 2.32. The lowest BCUT2D eigenvalue weighted by Gasteiger charge is -2.39. The molecule has 0 saturated carbocycles. The van der Waals surface area contributed by atoms with Gasteiger partial charge in [-0.05, 0) is 24.6 Å². The second kappa shape index (κ2) is 6.80. The molecule has 1 saturated heterocycles. The number of carbonyl (C=O) groups is 2. The van der Waals surface area contributed by atoms with Gasteiger partial charge in [0, 0.05) is 12.7 Å². The predicted octanol–water partition coefficient (Wildman–Crippen LogP) is 2.38. The molecule has 0 spiro atoms. The molecule has 6 heteroatoms. The number of aromatic nitrogens is 1. The minimum Gasteiger partial charge on any atom is -0.477 e. The number of carbonyl (C=O) groups excluding carboxylic acids is 1. The molecule has 1 aliphatic heterocycles. The van der Waals surface area contributed by atoms with Crippen molar-refractivity contribution in [2.45, 2.75) is 19.1 Å². The van der Waals surface area contributed by atoms with Crippen LogP contribution in [0.4, 0.5) is 0 Å². The third kappa shape index (κ3) is 3.28. The highest BCUT2D eigenvalue weighted by Crippen LogP contribution is 2.27. The van der Waals surface area contributed by atoms with Crippen molar-refractivity contribution < 1.29 is 19.4 Å². The molecule has 1 aliphatic rings. The zero-order chi connectivity index (χ0) is 17.1. The van der Waals surface area contributed by atoms with Gasteiger partial charge in [-0.1, -0.05) is 30.3 Å². The normalized spacial score (nSPS) is 20.6. The van der Waals surface area contributed by atoms with Gasteiger partial charge in [-0.3, -0.25) is 4.79 Å². The maximum Gasteiger partial charge on any atom is 0.354 e. The Morgan fingerprint density at radius 2 is 1.96 bits per heavy atom. The van der Waals surface area contributed by atoms with Crippen LogP contribution in [0.15, 0.2) is 48.7 Å². The van der Waals surface area contributed by atoms with Crippen LogP contribution in [-0.2, 0) is 4.74 Å². The van der Waals surface area contributed by atoms with Crippen molar-refractivity contribution in [2.75, 3.05) is 13.2 Å². The first-order valence-electron chi connectivity index (χ1n) is 7.73. The van der Waals surface area contributed by atoms with E-state index in [-0.39, 0.29) is 23.7 Å². The Morgan fingerprint density at radius 3 is 2.58 bits per heavy atom. The van der Waals surface area contributed by atoms with Gasteiger partial charge in [0.25, 0.3) is 5.91 Å². The van der Waals surface area contributed by atoms with Crippen LogP contribution in [0.1, 0.15) is 39.4 Å². The molecule has 124 valence electrons. The molecule has 0 aliphatic carbocycles. The lowest BCUT2D eigenvalue weighted by atomic mass is 10.0. The summed E-state index contributed by atoms with van der Waals surface area (Å²) in [6.45, 7) is 2.82. The molecule has 0 bridgehead atoms. The van der Waals surface area contributed by atoms with Gasteiger partial charge in [-0.25, -0.2) is 9.78 Å². The van der Waals surface area contributed by atoms with Gasteiger partial charge in [-0.2, -0.15) is 0 Å². The summed E-state index contributed by atoms with van der Waals surface area (Å²) in [5.41, 5.74) is 1.30. The number of rotatable bonds is 3. The van der Waals surface area contributed by atoms with E-state index in [1.807, 2.05) is 37.3 Å². The molecule has 0 unspecified atom stereocenters. The fourth-order valence-corrected chi connectivity index (χ4v) is 2.79. The van der Waals surface area contributed by atoms with E-state index in [2.05, 4.69) is 4.98 Å². The van der Waals surface area contributed by atoms with E-state index < -0.39 is 5.97 Å². The van der Waals surface area contributed by atoms with Gasteiger partial charge >= 0.3 is 5.97 Å². The molecule has 2 heterocycles. The van der Waals surface area contributed by atoms with Crippen LogP contribution in [0.5, 0.6) is 0 Å². The summed E-state index contributed by atoms with van der Waals surface area (Å²) in [6, 6.07) is 12.4. The van der Waals surface area contributed by atoms with Crippen molar-refractivity contribution in [1.29, 1.82) is 0 Å². The highest BCUT2D eigenvalue weighted by atomic mass is 16.5. The number of morpholine rings is 1. The van der Waals surface area contributed by atoms with Gasteiger partial charge in [0.1, 0.15) is 5.69 Å². The van der Waals surface area contributed by atoms with Crippen LogP contribution in [0, 0.1) is 0 Å². The van der Waals surface area contributed by atoms with E-state index in [1.165, 1.54) is 18.3 Å². The summed E-state index contributed by atoms with van der Waals surface area (Å²) < 4.78 is 5.72. The van der Waals surface area contributed by atoms with Gasteiger partial charge in [0.2, 0.25) is 0 Å². The first-order valence-corrected chi connectivity index (χ1v) is 7.73.